The lowest BCUT2D eigenvalue weighted by Gasteiger charge is -1.97. The fourth-order valence-electron chi connectivity index (χ4n) is 0.978. The van der Waals surface area contributed by atoms with Gasteiger partial charge in [0, 0.05) is 27.1 Å². The van der Waals surface area contributed by atoms with E-state index in [2.05, 4.69) is 26.1 Å². The van der Waals surface area contributed by atoms with Gasteiger partial charge in [0.2, 0.25) is 3.83 Å². The van der Waals surface area contributed by atoms with Gasteiger partial charge in [-0.15, -0.1) is 0 Å². The quantitative estimate of drug-likeness (QED) is 0.725. The highest BCUT2D eigenvalue weighted by Gasteiger charge is 2.10. The zero-order valence-electron chi connectivity index (χ0n) is 6.67. The monoisotopic (exact) mass is 368 g/mol. The van der Waals surface area contributed by atoms with E-state index in [9.17, 15) is 4.39 Å². The fourth-order valence-corrected chi connectivity index (χ4v) is 1.82. The van der Waals surface area contributed by atoms with Crippen LogP contribution in [-0.2, 0) is 0 Å². The minimum atomic E-state index is -0.310. The van der Waals surface area contributed by atoms with Crippen molar-refractivity contribution in [2.45, 2.75) is 0 Å². The van der Waals surface area contributed by atoms with E-state index >= 15 is 0 Å². The van der Waals surface area contributed by atoms with Gasteiger partial charge >= 0.3 is 0 Å². The Morgan fingerprint density at radius 2 is 2.21 bits per heavy atom. The van der Waals surface area contributed by atoms with Crippen LogP contribution in [0.3, 0.4) is 0 Å². The Morgan fingerprint density at radius 3 is 2.79 bits per heavy atom. The average molecular weight is 369 g/mol. The van der Waals surface area contributed by atoms with Crippen LogP contribution < -0.4 is 0 Å². The molecular formula is C8H3BrFIN2O. The summed E-state index contributed by atoms with van der Waals surface area (Å²) in [7, 11) is 0. The van der Waals surface area contributed by atoms with Crippen molar-refractivity contribution in [2.24, 2.45) is 0 Å². The van der Waals surface area contributed by atoms with Crippen LogP contribution in [0.25, 0.3) is 11.5 Å². The van der Waals surface area contributed by atoms with Gasteiger partial charge in [0.1, 0.15) is 5.82 Å². The zero-order valence-corrected chi connectivity index (χ0v) is 10.4. The van der Waals surface area contributed by atoms with Gasteiger partial charge in [-0.25, -0.2) is 4.39 Å². The summed E-state index contributed by atoms with van der Waals surface area (Å²) in [5.41, 5.74) is 0.682. The van der Waals surface area contributed by atoms with Gasteiger partial charge in [-0.1, -0.05) is 5.16 Å². The molecule has 0 bridgehead atoms. The minimum absolute atomic E-state index is 0.310. The van der Waals surface area contributed by atoms with Crippen LogP contribution in [0.1, 0.15) is 0 Å². The minimum Gasteiger partial charge on any atom is -0.333 e. The lowest BCUT2D eigenvalue weighted by Crippen LogP contribution is -1.82. The Kier molecular flexibility index (Phi) is 2.82. The highest BCUT2D eigenvalue weighted by molar-refractivity contribution is 14.1. The second-order valence-corrected chi connectivity index (χ2v) is 4.31. The predicted octanol–water partition coefficient (Wildman–Crippen LogP) is 3.24. The molecule has 0 aliphatic heterocycles. The third-order valence-corrected chi connectivity index (χ3v) is 2.66. The number of rotatable bonds is 1. The fraction of sp³-hybridized carbons (Fsp3) is 0. The second-order valence-electron chi connectivity index (χ2n) is 2.49. The molecule has 0 aliphatic rings. The molecule has 0 N–H and O–H groups in total. The van der Waals surface area contributed by atoms with E-state index in [0.717, 1.165) is 0 Å². The molecule has 0 atom stereocenters. The largest absolute Gasteiger partial charge is 0.333 e. The molecule has 0 unspecified atom stereocenters. The van der Waals surface area contributed by atoms with E-state index in [1.165, 1.54) is 12.1 Å². The van der Waals surface area contributed by atoms with Crippen molar-refractivity contribution in [3.8, 4) is 11.5 Å². The summed E-state index contributed by atoms with van der Waals surface area (Å²) in [6, 6.07) is 4.28. The maximum Gasteiger partial charge on any atom is 0.259 e. The van der Waals surface area contributed by atoms with Gasteiger partial charge in [0.25, 0.3) is 5.89 Å². The van der Waals surface area contributed by atoms with Crippen molar-refractivity contribution in [2.75, 3.05) is 0 Å². The average Bonchev–Trinajstić information content (AvgIpc) is 2.51. The van der Waals surface area contributed by atoms with Crippen molar-refractivity contribution in [3.05, 3.63) is 32.3 Å². The molecule has 72 valence electrons. The van der Waals surface area contributed by atoms with Gasteiger partial charge < -0.3 is 4.52 Å². The molecule has 0 saturated heterocycles. The van der Waals surface area contributed by atoms with Crippen molar-refractivity contribution in [1.29, 1.82) is 0 Å². The van der Waals surface area contributed by atoms with Crippen LogP contribution in [0.2, 0.25) is 0 Å². The Labute approximate surface area is 101 Å². The topological polar surface area (TPSA) is 38.9 Å². The molecular weight excluding hydrogens is 366 g/mol. The number of hydrogen-bond donors (Lipinski definition) is 0. The Balaban J connectivity index is 2.52. The number of halogens is 3. The van der Waals surface area contributed by atoms with Gasteiger partial charge in [-0.3, -0.25) is 0 Å². The molecule has 1 heterocycles. The Hall–Kier alpha value is -0.500. The molecule has 0 saturated carbocycles. The maximum atomic E-state index is 12.8. The third kappa shape index (κ3) is 1.95. The smallest absolute Gasteiger partial charge is 0.259 e. The van der Waals surface area contributed by atoms with Crippen LogP contribution in [0.5, 0.6) is 0 Å². The highest BCUT2D eigenvalue weighted by atomic mass is 127. The normalized spacial score (nSPS) is 10.5. The summed E-state index contributed by atoms with van der Waals surface area (Å²) >= 11 is 5.16. The molecule has 0 fully saturated rings. The molecule has 3 nitrogen and oxygen atoms in total. The predicted molar refractivity (Wildman–Crippen MR) is 60.1 cm³/mol. The van der Waals surface area contributed by atoms with Gasteiger partial charge in [0.15, 0.2) is 0 Å². The Morgan fingerprint density at radius 1 is 1.43 bits per heavy atom. The van der Waals surface area contributed by atoms with Crippen LogP contribution in [0.4, 0.5) is 4.39 Å². The van der Waals surface area contributed by atoms with Crippen LogP contribution >= 0.6 is 38.5 Å². The highest BCUT2D eigenvalue weighted by Crippen LogP contribution is 2.27. The number of hydrogen-bond acceptors (Lipinski definition) is 3. The SMILES string of the molecule is Fc1ccc(-c2nc(I)no2)c(Br)c1. The first-order valence-corrected chi connectivity index (χ1v) is 5.48. The molecule has 1 aromatic heterocycles. The van der Waals surface area contributed by atoms with E-state index in [1.54, 1.807) is 6.07 Å². The Bertz CT molecular complexity index is 474. The molecule has 14 heavy (non-hydrogen) atoms. The van der Waals surface area contributed by atoms with E-state index in [4.69, 9.17) is 4.52 Å². The first-order valence-electron chi connectivity index (χ1n) is 3.61. The molecule has 0 aliphatic carbocycles. The lowest BCUT2D eigenvalue weighted by molar-refractivity contribution is 0.425. The van der Waals surface area contributed by atoms with Gasteiger partial charge in [-0.2, -0.15) is 4.98 Å². The zero-order chi connectivity index (χ0) is 10.1. The number of nitrogens with zero attached hydrogens (tertiary/aromatic N) is 2. The van der Waals surface area contributed by atoms with Crippen molar-refractivity contribution >= 4 is 38.5 Å². The van der Waals surface area contributed by atoms with Crippen LogP contribution in [0.15, 0.2) is 27.2 Å². The molecule has 6 heteroatoms. The van der Waals surface area contributed by atoms with Crippen LogP contribution in [-0.4, -0.2) is 10.1 Å². The maximum absolute atomic E-state index is 12.8. The molecule has 0 amide bonds. The molecule has 1 aromatic carbocycles. The summed E-state index contributed by atoms with van der Waals surface area (Å²) in [6.45, 7) is 0. The van der Waals surface area contributed by atoms with E-state index in [0.29, 0.717) is 19.8 Å². The van der Waals surface area contributed by atoms with Crippen molar-refractivity contribution in [1.82, 2.24) is 10.1 Å². The first-order chi connectivity index (χ1) is 6.66. The molecule has 0 spiro atoms. The summed E-state index contributed by atoms with van der Waals surface area (Å²) in [4.78, 5) is 4.03. The van der Waals surface area contributed by atoms with Gasteiger partial charge in [-0.05, 0) is 34.1 Å². The second kappa shape index (κ2) is 3.93. The number of benzene rings is 1. The summed E-state index contributed by atoms with van der Waals surface area (Å²) in [6.07, 6.45) is 0. The molecule has 0 radical (unpaired) electrons. The van der Waals surface area contributed by atoms with E-state index < -0.39 is 0 Å². The summed E-state index contributed by atoms with van der Waals surface area (Å²) < 4.78 is 18.8. The molecule has 2 aromatic rings. The molecule has 2 rings (SSSR count). The van der Waals surface area contributed by atoms with Gasteiger partial charge in [0.05, 0.1) is 5.56 Å². The van der Waals surface area contributed by atoms with E-state index in [-0.39, 0.29) is 5.82 Å². The summed E-state index contributed by atoms with van der Waals surface area (Å²) in [5.74, 6) is 0.0658. The van der Waals surface area contributed by atoms with E-state index in [1.807, 2.05) is 22.6 Å². The standard InChI is InChI=1S/C8H3BrFIN2O/c9-6-3-4(10)1-2-5(6)7-12-8(11)13-14-7/h1-3H. The number of aromatic nitrogens is 2. The third-order valence-electron chi connectivity index (χ3n) is 1.56. The lowest BCUT2D eigenvalue weighted by atomic mass is 10.2. The van der Waals surface area contributed by atoms with Crippen LogP contribution in [0, 0.1) is 9.65 Å². The van der Waals surface area contributed by atoms with Crippen molar-refractivity contribution in [3.63, 3.8) is 0 Å². The summed E-state index contributed by atoms with van der Waals surface area (Å²) in [5, 5.41) is 3.64. The van der Waals surface area contributed by atoms with Crippen molar-refractivity contribution < 1.29 is 8.91 Å². The first kappa shape index (κ1) is 10.0.